The molecule has 2 aliphatic rings. The smallest absolute Gasteiger partial charge is 0.330 e. The summed E-state index contributed by atoms with van der Waals surface area (Å²) in [7, 11) is -0.390. The molecule has 0 spiro atoms. The summed E-state index contributed by atoms with van der Waals surface area (Å²) in [5, 5.41) is 0.0144. The lowest BCUT2D eigenvalue weighted by molar-refractivity contribution is -0.150. The lowest BCUT2D eigenvalue weighted by Gasteiger charge is -2.40. The van der Waals surface area contributed by atoms with Crippen molar-refractivity contribution in [3.63, 3.8) is 0 Å². The molecule has 0 aliphatic carbocycles. The highest BCUT2D eigenvalue weighted by Crippen LogP contribution is 2.42. The Morgan fingerprint density at radius 2 is 1.68 bits per heavy atom. The minimum Gasteiger partial charge on any atom is -0.451 e. The van der Waals surface area contributed by atoms with Crippen LogP contribution in [-0.2, 0) is 23.1 Å². The van der Waals surface area contributed by atoms with Crippen LogP contribution in [0.15, 0.2) is 15.8 Å². The van der Waals surface area contributed by atoms with Gasteiger partial charge >= 0.3 is 11.7 Å². The number of hydrogen-bond donors (Lipinski definition) is 1. The van der Waals surface area contributed by atoms with E-state index in [9.17, 15) is 14.4 Å². The second kappa shape index (κ2) is 13.7. The van der Waals surface area contributed by atoms with Gasteiger partial charge in [-0.15, -0.1) is 0 Å². The number of esters is 1. The molecule has 3 rings (SSSR count). The number of likely N-dealkylation sites (N-methyl/N-ethyl adjacent to an activating group) is 2. The first kappa shape index (κ1) is 36.4. The number of H-pyrrole nitrogens is 1. The monoisotopic (exact) mass is 650 g/mol. The van der Waals surface area contributed by atoms with Crippen LogP contribution < -0.4 is 11.2 Å². The molecule has 2 saturated heterocycles. The van der Waals surface area contributed by atoms with Crippen molar-refractivity contribution >= 4 is 22.6 Å². The number of piperazine rings is 1. The number of rotatable bonds is 8. The Labute approximate surface area is 264 Å². The third-order valence-corrected chi connectivity index (χ3v) is 18.8. The van der Waals surface area contributed by atoms with Gasteiger partial charge in [0.15, 0.2) is 23.2 Å². The minimum atomic E-state index is -2.18. The quantitative estimate of drug-likeness (QED) is 0.257. The fourth-order valence-electron chi connectivity index (χ4n) is 4.60. The van der Waals surface area contributed by atoms with Crippen LogP contribution in [0.1, 0.15) is 59.8 Å². The van der Waals surface area contributed by atoms with Gasteiger partial charge in [-0.2, -0.15) is 0 Å². The van der Waals surface area contributed by atoms with E-state index in [1.54, 1.807) is 0 Å². The third-order valence-electron chi connectivity index (χ3n) is 9.76. The molecule has 248 valence electrons. The fraction of sp³-hybridized carbons (Fsp3) is 0.774. The maximum Gasteiger partial charge on any atom is 0.330 e. The van der Waals surface area contributed by atoms with Crippen molar-refractivity contribution in [3.8, 4) is 11.8 Å². The van der Waals surface area contributed by atoms with Crippen LogP contribution in [-0.4, -0.2) is 107 Å². The molecule has 2 fully saturated rings. The van der Waals surface area contributed by atoms with E-state index >= 15 is 0 Å². The average molecular weight is 651 g/mol. The molecule has 0 aromatic carbocycles. The van der Waals surface area contributed by atoms with E-state index in [1.165, 1.54) is 10.8 Å². The van der Waals surface area contributed by atoms with Crippen molar-refractivity contribution in [3.05, 3.63) is 32.6 Å². The molecular formula is C31H54N4O7Si2. The summed E-state index contributed by atoms with van der Waals surface area (Å²) >= 11 is 0. The molecule has 0 amide bonds. The van der Waals surface area contributed by atoms with Gasteiger partial charge in [0.05, 0.1) is 12.7 Å². The zero-order valence-electron chi connectivity index (χ0n) is 28.8. The molecule has 1 N–H and O–H groups in total. The second-order valence-corrected chi connectivity index (χ2v) is 24.8. The van der Waals surface area contributed by atoms with Crippen molar-refractivity contribution in [2.45, 2.75) is 109 Å². The highest BCUT2D eigenvalue weighted by Gasteiger charge is 2.47. The first-order chi connectivity index (χ1) is 20.1. The standard InChI is InChI=1S/C31H54N4O7Si2/c1-30(2,3)43(9,10)40-21-25-24(42-44(11,12)31(4,5)6)18-26(41-25)35-19-22(27(36)32-29(35)38)14-13-17-39-28(37)23-20-33(7)15-16-34(23)8/h19,23-26H,15-18,20-21H2,1-12H3,(H,32,36,38)/t23?,24?,25-,26-/m1/s1. The van der Waals surface area contributed by atoms with Crippen LogP contribution in [0.2, 0.25) is 36.3 Å². The molecule has 2 aliphatic heterocycles. The minimum absolute atomic E-state index is 0.0146. The highest BCUT2D eigenvalue weighted by atomic mass is 28.4. The van der Waals surface area contributed by atoms with Gasteiger partial charge in [0.1, 0.15) is 23.9 Å². The highest BCUT2D eigenvalue weighted by molar-refractivity contribution is 6.74. The summed E-state index contributed by atoms with van der Waals surface area (Å²) < 4.78 is 26.6. The zero-order valence-corrected chi connectivity index (χ0v) is 30.8. The largest absolute Gasteiger partial charge is 0.451 e. The van der Waals surface area contributed by atoms with Crippen LogP contribution in [0.5, 0.6) is 0 Å². The summed E-state index contributed by atoms with van der Waals surface area (Å²) in [6.07, 6.45) is 0.519. The number of hydrogen-bond acceptors (Lipinski definition) is 9. The molecule has 1 aromatic heterocycles. The van der Waals surface area contributed by atoms with Gasteiger partial charge in [0.2, 0.25) is 0 Å². The van der Waals surface area contributed by atoms with E-state index in [4.69, 9.17) is 18.3 Å². The lowest BCUT2D eigenvalue weighted by Crippen LogP contribution is -2.54. The van der Waals surface area contributed by atoms with Crippen LogP contribution in [0.4, 0.5) is 0 Å². The first-order valence-electron chi connectivity index (χ1n) is 15.5. The third kappa shape index (κ3) is 8.81. The molecule has 4 atom stereocenters. The van der Waals surface area contributed by atoms with Crippen LogP contribution in [0.3, 0.4) is 0 Å². The summed E-state index contributed by atoms with van der Waals surface area (Å²) in [6, 6.07) is -0.365. The summed E-state index contributed by atoms with van der Waals surface area (Å²) in [5.74, 6) is 5.17. The molecule has 44 heavy (non-hydrogen) atoms. The van der Waals surface area contributed by atoms with Gasteiger partial charge in [0.25, 0.3) is 5.56 Å². The first-order valence-corrected chi connectivity index (χ1v) is 21.3. The summed E-state index contributed by atoms with van der Waals surface area (Å²) in [6.45, 7) is 24.4. The Balaban J connectivity index is 1.80. The summed E-state index contributed by atoms with van der Waals surface area (Å²) in [5.41, 5.74) is -1.11. The fourth-order valence-corrected chi connectivity index (χ4v) is 6.97. The molecule has 2 unspecified atom stereocenters. The van der Waals surface area contributed by atoms with Crippen LogP contribution in [0.25, 0.3) is 0 Å². The van der Waals surface area contributed by atoms with Gasteiger partial charge in [-0.25, -0.2) is 4.79 Å². The maximum atomic E-state index is 13.0. The van der Waals surface area contributed by atoms with E-state index in [0.29, 0.717) is 19.6 Å². The van der Waals surface area contributed by atoms with Crippen molar-refractivity contribution < 1.29 is 23.1 Å². The normalized spacial score (nSPS) is 24.2. The Bertz CT molecular complexity index is 1350. The Kier molecular flexibility index (Phi) is 11.4. The number of nitrogens with zero attached hydrogens (tertiary/aromatic N) is 3. The van der Waals surface area contributed by atoms with Crippen LogP contribution >= 0.6 is 0 Å². The van der Waals surface area contributed by atoms with E-state index in [0.717, 1.165) is 13.1 Å². The number of carbonyl (C=O) groups is 1. The molecule has 0 saturated carbocycles. The van der Waals surface area contributed by atoms with Crippen molar-refractivity contribution in [2.24, 2.45) is 0 Å². The SMILES string of the molecule is CN1CCN(C)C(C(=O)OCC#Cc2cn([C@H]3CC(O[Si](C)(C)C(C)(C)C)[C@@H](CO[Si](C)(C)C(C)(C)C)O3)c(=O)[nH]c2=O)C1. The van der Waals surface area contributed by atoms with Crippen molar-refractivity contribution in [1.82, 2.24) is 19.4 Å². The van der Waals surface area contributed by atoms with Crippen molar-refractivity contribution in [1.29, 1.82) is 0 Å². The average Bonchev–Trinajstić information content (AvgIpc) is 3.27. The van der Waals surface area contributed by atoms with Gasteiger partial charge < -0.3 is 23.2 Å². The molecule has 13 heteroatoms. The van der Waals surface area contributed by atoms with Gasteiger partial charge in [-0.3, -0.25) is 24.0 Å². The topological polar surface area (TPSA) is 115 Å². The maximum absolute atomic E-state index is 13.0. The number of aromatic nitrogens is 2. The lowest BCUT2D eigenvalue weighted by atomic mass is 10.2. The van der Waals surface area contributed by atoms with Gasteiger partial charge in [-0.1, -0.05) is 53.4 Å². The molecule has 0 bridgehead atoms. The number of aromatic amines is 1. The Morgan fingerprint density at radius 3 is 2.30 bits per heavy atom. The second-order valence-electron chi connectivity index (χ2n) is 15.2. The number of carbonyl (C=O) groups excluding carboxylic acids is 1. The van der Waals surface area contributed by atoms with E-state index in [1.807, 2.05) is 19.0 Å². The Morgan fingerprint density at radius 1 is 1.05 bits per heavy atom. The number of ether oxygens (including phenoxy) is 2. The molecular weight excluding hydrogens is 597 g/mol. The van der Waals surface area contributed by atoms with E-state index < -0.39 is 34.1 Å². The van der Waals surface area contributed by atoms with E-state index in [2.05, 4.69) is 89.5 Å². The zero-order chi connectivity index (χ0) is 33.3. The molecule has 1 aromatic rings. The molecule has 11 nitrogen and oxygen atoms in total. The summed E-state index contributed by atoms with van der Waals surface area (Å²) in [4.78, 5) is 44.6. The predicted molar refractivity (Wildman–Crippen MR) is 177 cm³/mol. The predicted octanol–water partition coefficient (Wildman–Crippen LogP) is 3.38. The Hall–Kier alpha value is -2.06. The van der Waals surface area contributed by atoms with Gasteiger partial charge in [-0.05, 0) is 50.4 Å². The molecule has 0 radical (unpaired) electrons. The van der Waals surface area contributed by atoms with E-state index in [-0.39, 0.29) is 46.5 Å². The van der Waals surface area contributed by atoms with Crippen molar-refractivity contribution in [2.75, 3.05) is 46.9 Å². The van der Waals surface area contributed by atoms with Crippen LogP contribution in [0, 0.1) is 11.8 Å². The molecule has 3 heterocycles. The number of nitrogens with one attached hydrogen (secondary N) is 1. The van der Waals surface area contributed by atoms with Gasteiger partial charge in [0, 0.05) is 32.3 Å².